The number of rotatable bonds is 0. The Bertz CT molecular complexity index is 237. The lowest BCUT2D eigenvalue weighted by atomic mass is 9.99. The highest BCUT2D eigenvalue weighted by molar-refractivity contribution is 5.30. The van der Waals surface area contributed by atoms with Crippen LogP contribution in [0.25, 0.3) is 0 Å². The molecule has 2 aliphatic rings. The predicted molar refractivity (Wildman–Crippen MR) is 51.9 cm³/mol. The molecule has 0 aromatic heterocycles. The van der Waals surface area contributed by atoms with Gasteiger partial charge in [0.1, 0.15) is 0 Å². The van der Waals surface area contributed by atoms with E-state index in [-0.39, 0.29) is 0 Å². The fourth-order valence-electron chi connectivity index (χ4n) is 2.20. The van der Waals surface area contributed by atoms with E-state index in [4.69, 9.17) is 0 Å². The molecule has 1 nitrogen and oxygen atoms in total. The maximum Gasteiger partial charge on any atom is 0.0471 e. The van der Waals surface area contributed by atoms with Crippen LogP contribution in [0.3, 0.4) is 0 Å². The molecule has 0 aromatic carbocycles. The Kier molecular flexibility index (Phi) is 1.95. The van der Waals surface area contributed by atoms with E-state index >= 15 is 0 Å². The minimum absolute atomic E-state index is 0.663. The maximum atomic E-state index is 2.48. The molecular weight excluding hydrogens is 146 g/mol. The van der Waals surface area contributed by atoms with Gasteiger partial charge >= 0.3 is 0 Å². The summed E-state index contributed by atoms with van der Waals surface area (Å²) in [5, 5.41) is 0. The van der Waals surface area contributed by atoms with Gasteiger partial charge in [-0.1, -0.05) is 6.08 Å². The number of allylic oxidation sites excluding steroid dienone is 2. The second-order valence-electron chi connectivity index (χ2n) is 3.96. The monoisotopic (exact) mass is 163 g/mol. The Morgan fingerprint density at radius 1 is 1.42 bits per heavy atom. The molecule has 2 rings (SSSR count). The van der Waals surface area contributed by atoms with Crippen LogP contribution in [0.1, 0.15) is 33.1 Å². The van der Waals surface area contributed by atoms with Crippen LogP contribution in [-0.4, -0.2) is 17.5 Å². The highest BCUT2D eigenvalue weighted by atomic mass is 15.1. The van der Waals surface area contributed by atoms with Crippen molar-refractivity contribution in [3.63, 3.8) is 0 Å². The first-order valence-corrected chi connectivity index (χ1v) is 4.92. The van der Waals surface area contributed by atoms with Crippen LogP contribution in [0, 0.1) is 0 Å². The predicted octanol–water partition coefficient (Wildman–Crippen LogP) is 2.70. The molecule has 0 aliphatic carbocycles. The van der Waals surface area contributed by atoms with Gasteiger partial charge in [-0.3, -0.25) is 0 Å². The van der Waals surface area contributed by atoms with Crippen molar-refractivity contribution in [1.29, 1.82) is 0 Å². The minimum Gasteiger partial charge on any atom is -0.371 e. The number of nitrogens with zero attached hydrogens (tertiary/aromatic N) is 1. The Morgan fingerprint density at radius 2 is 2.25 bits per heavy atom. The Balaban J connectivity index is 2.30. The Hall–Kier alpha value is -0.720. The van der Waals surface area contributed by atoms with E-state index in [2.05, 4.69) is 31.0 Å². The quantitative estimate of drug-likeness (QED) is 0.530. The summed E-state index contributed by atoms with van der Waals surface area (Å²) in [6.07, 6.45) is 8.70. The average Bonchev–Trinajstić information content (AvgIpc) is 2.19. The molecule has 1 fully saturated rings. The zero-order valence-corrected chi connectivity index (χ0v) is 8.01. The summed E-state index contributed by atoms with van der Waals surface area (Å²) in [7, 11) is 0. The fourth-order valence-corrected chi connectivity index (χ4v) is 2.20. The molecule has 66 valence electrons. The second-order valence-corrected chi connectivity index (χ2v) is 3.96. The van der Waals surface area contributed by atoms with Crippen molar-refractivity contribution in [1.82, 2.24) is 4.90 Å². The normalized spacial score (nSPS) is 29.2. The zero-order valence-electron chi connectivity index (χ0n) is 8.01. The van der Waals surface area contributed by atoms with Crippen LogP contribution in [0.2, 0.25) is 0 Å². The number of fused-ring (bicyclic) bond motifs is 2. The van der Waals surface area contributed by atoms with Gasteiger partial charge in [-0.15, -0.1) is 0 Å². The van der Waals surface area contributed by atoms with Gasteiger partial charge in [-0.05, 0) is 44.3 Å². The lowest BCUT2D eigenvalue weighted by Gasteiger charge is -2.31. The van der Waals surface area contributed by atoms with Crippen LogP contribution >= 0.6 is 0 Å². The lowest BCUT2D eigenvalue weighted by molar-refractivity contribution is 0.328. The highest BCUT2D eigenvalue weighted by Crippen LogP contribution is 2.27. The Morgan fingerprint density at radius 3 is 3.08 bits per heavy atom. The van der Waals surface area contributed by atoms with Crippen molar-refractivity contribution < 1.29 is 0 Å². The van der Waals surface area contributed by atoms with Crippen LogP contribution in [0.15, 0.2) is 23.4 Å². The van der Waals surface area contributed by atoms with Crippen molar-refractivity contribution in [2.75, 3.05) is 6.54 Å². The van der Waals surface area contributed by atoms with Gasteiger partial charge in [0, 0.05) is 18.8 Å². The summed E-state index contributed by atoms with van der Waals surface area (Å²) in [6, 6.07) is 0.663. The van der Waals surface area contributed by atoms with Crippen LogP contribution in [0.5, 0.6) is 0 Å². The zero-order chi connectivity index (χ0) is 8.55. The summed E-state index contributed by atoms with van der Waals surface area (Å²) in [5.41, 5.74) is 3.05. The fraction of sp³-hybridized carbons (Fsp3) is 0.636. The third-order valence-corrected chi connectivity index (χ3v) is 2.95. The molecule has 2 aliphatic heterocycles. The van der Waals surface area contributed by atoms with Gasteiger partial charge in [-0.2, -0.15) is 0 Å². The molecule has 2 heterocycles. The molecule has 0 radical (unpaired) electrons. The van der Waals surface area contributed by atoms with Crippen molar-refractivity contribution >= 4 is 0 Å². The molecule has 12 heavy (non-hydrogen) atoms. The van der Waals surface area contributed by atoms with E-state index in [9.17, 15) is 0 Å². The first-order chi connectivity index (χ1) is 5.77. The third-order valence-electron chi connectivity index (χ3n) is 2.95. The molecule has 1 saturated heterocycles. The van der Waals surface area contributed by atoms with E-state index in [1.807, 2.05) is 0 Å². The summed E-state index contributed by atoms with van der Waals surface area (Å²) in [6.45, 7) is 5.76. The van der Waals surface area contributed by atoms with Gasteiger partial charge in [-0.25, -0.2) is 0 Å². The van der Waals surface area contributed by atoms with Crippen molar-refractivity contribution in [2.24, 2.45) is 0 Å². The molecule has 0 saturated carbocycles. The Labute approximate surface area is 74.8 Å². The number of hydrogen-bond donors (Lipinski definition) is 0. The smallest absolute Gasteiger partial charge is 0.0471 e. The molecule has 1 unspecified atom stereocenters. The SMILES string of the molecule is CC1=CN2CCCCC(=C1)C2C. The van der Waals surface area contributed by atoms with Crippen LogP contribution < -0.4 is 0 Å². The summed E-state index contributed by atoms with van der Waals surface area (Å²) in [5.74, 6) is 0. The second kappa shape index (κ2) is 2.96. The van der Waals surface area contributed by atoms with E-state index in [1.165, 1.54) is 31.4 Å². The molecular formula is C11H17N. The first-order valence-electron chi connectivity index (χ1n) is 4.92. The molecule has 2 bridgehead atoms. The van der Waals surface area contributed by atoms with E-state index < -0.39 is 0 Å². The lowest BCUT2D eigenvalue weighted by Crippen LogP contribution is -2.31. The molecule has 1 atom stereocenters. The van der Waals surface area contributed by atoms with Crippen molar-refractivity contribution in [3.8, 4) is 0 Å². The van der Waals surface area contributed by atoms with Gasteiger partial charge in [0.2, 0.25) is 0 Å². The molecule has 0 aromatic rings. The van der Waals surface area contributed by atoms with Crippen LogP contribution in [0.4, 0.5) is 0 Å². The van der Waals surface area contributed by atoms with Gasteiger partial charge < -0.3 is 4.90 Å². The summed E-state index contributed by atoms with van der Waals surface area (Å²) in [4.78, 5) is 2.48. The number of hydrogen-bond acceptors (Lipinski definition) is 1. The maximum absolute atomic E-state index is 2.48. The minimum atomic E-state index is 0.663. The highest BCUT2D eigenvalue weighted by Gasteiger charge is 2.21. The largest absolute Gasteiger partial charge is 0.371 e. The molecule has 0 amide bonds. The third kappa shape index (κ3) is 1.28. The van der Waals surface area contributed by atoms with Crippen molar-refractivity contribution in [3.05, 3.63) is 23.4 Å². The van der Waals surface area contributed by atoms with Gasteiger partial charge in [0.05, 0.1) is 0 Å². The molecule has 0 N–H and O–H groups in total. The van der Waals surface area contributed by atoms with E-state index in [0.717, 1.165) is 0 Å². The van der Waals surface area contributed by atoms with Gasteiger partial charge in [0.25, 0.3) is 0 Å². The van der Waals surface area contributed by atoms with Crippen molar-refractivity contribution in [2.45, 2.75) is 39.2 Å². The van der Waals surface area contributed by atoms with E-state index in [0.29, 0.717) is 6.04 Å². The summed E-state index contributed by atoms with van der Waals surface area (Å²) >= 11 is 0. The topological polar surface area (TPSA) is 3.24 Å². The average molecular weight is 163 g/mol. The molecule has 0 spiro atoms. The standard InChI is InChI=1S/C11H17N/c1-9-7-11-5-3-4-6-12(8-9)10(11)2/h7-8,10H,3-6H2,1-2H3. The van der Waals surface area contributed by atoms with Gasteiger partial charge in [0.15, 0.2) is 0 Å². The summed E-state index contributed by atoms with van der Waals surface area (Å²) < 4.78 is 0. The molecule has 1 heteroatoms. The van der Waals surface area contributed by atoms with E-state index in [1.54, 1.807) is 5.57 Å². The first kappa shape index (κ1) is 7.90. The van der Waals surface area contributed by atoms with Crippen LogP contribution in [-0.2, 0) is 0 Å².